The van der Waals surface area contributed by atoms with Crippen LogP contribution in [0.5, 0.6) is 0 Å². The minimum atomic E-state index is -0.0134. The van der Waals surface area contributed by atoms with E-state index in [1.54, 1.807) is 17.8 Å². The van der Waals surface area contributed by atoms with E-state index in [1.807, 2.05) is 6.07 Å². The highest BCUT2D eigenvalue weighted by Crippen LogP contribution is 2.14. The summed E-state index contributed by atoms with van der Waals surface area (Å²) in [6, 6.07) is 5.27. The minimum absolute atomic E-state index is 0.0134. The highest BCUT2D eigenvalue weighted by molar-refractivity contribution is 7.99. The zero-order valence-corrected chi connectivity index (χ0v) is 8.69. The van der Waals surface area contributed by atoms with Crippen molar-refractivity contribution in [3.05, 3.63) is 28.6 Å². The predicted molar refractivity (Wildman–Crippen MR) is 57.3 cm³/mol. The van der Waals surface area contributed by atoms with E-state index in [4.69, 9.17) is 0 Å². The van der Waals surface area contributed by atoms with E-state index in [1.165, 1.54) is 25.3 Å². The maximum absolute atomic E-state index is 10.9. The molecule has 3 heteroatoms. The van der Waals surface area contributed by atoms with Gasteiger partial charge in [-0.15, -0.1) is 11.8 Å². The molecule has 0 spiro atoms. The Labute approximate surface area is 82.8 Å². The number of hydrogen-bond acceptors (Lipinski definition) is 2. The lowest BCUT2D eigenvalue weighted by Crippen LogP contribution is -2.02. The van der Waals surface area contributed by atoms with Gasteiger partial charge in [-0.3, -0.25) is 4.79 Å². The number of hydrogen-bond donors (Lipinski definition) is 1. The van der Waals surface area contributed by atoms with Crippen LogP contribution in [0.25, 0.3) is 0 Å². The number of unbranched alkanes of at least 4 members (excludes halogenated alkanes) is 2. The summed E-state index contributed by atoms with van der Waals surface area (Å²) in [4.78, 5) is 13.7. The lowest BCUT2D eigenvalue weighted by molar-refractivity contribution is 0.778. The Morgan fingerprint density at radius 1 is 1.38 bits per heavy atom. The Kier molecular flexibility index (Phi) is 4.68. The average molecular weight is 197 g/mol. The van der Waals surface area contributed by atoms with Crippen LogP contribution in [0.15, 0.2) is 28.0 Å². The second-order valence-corrected chi connectivity index (χ2v) is 4.07. The first-order chi connectivity index (χ1) is 6.33. The second-order valence-electron chi connectivity index (χ2n) is 2.93. The third-order valence-corrected chi connectivity index (χ3v) is 2.79. The van der Waals surface area contributed by atoms with Crippen molar-refractivity contribution in [2.75, 3.05) is 5.75 Å². The first kappa shape index (κ1) is 10.4. The van der Waals surface area contributed by atoms with Crippen LogP contribution >= 0.6 is 11.8 Å². The summed E-state index contributed by atoms with van der Waals surface area (Å²) in [5, 5.41) is 0.976. The smallest absolute Gasteiger partial charge is 0.248 e. The molecule has 13 heavy (non-hydrogen) atoms. The van der Waals surface area contributed by atoms with Crippen LogP contribution < -0.4 is 5.56 Å². The molecule has 0 atom stereocenters. The molecule has 1 heterocycles. The number of aromatic nitrogens is 1. The van der Waals surface area contributed by atoms with Gasteiger partial charge in [0.05, 0.1) is 5.03 Å². The van der Waals surface area contributed by atoms with Crippen LogP contribution in [0.4, 0.5) is 0 Å². The van der Waals surface area contributed by atoms with E-state index in [9.17, 15) is 4.79 Å². The summed E-state index contributed by atoms with van der Waals surface area (Å²) in [5.41, 5.74) is -0.0134. The quantitative estimate of drug-likeness (QED) is 0.581. The van der Waals surface area contributed by atoms with Crippen molar-refractivity contribution in [3.63, 3.8) is 0 Å². The van der Waals surface area contributed by atoms with Crippen molar-refractivity contribution in [1.29, 1.82) is 0 Å². The molecule has 0 fully saturated rings. The molecule has 1 aromatic rings. The van der Waals surface area contributed by atoms with Crippen LogP contribution in [0.3, 0.4) is 0 Å². The summed E-state index contributed by atoms with van der Waals surface area (Å²) in [7, 11) is 0. The topological polar surface area (TPSA) is 32.9 Å². The fourth-order valence-corrected chi connectivity index (χ4v) is 1.96. The van der Waals surface area contributed by atoms with Gasteiger partial charge >= 0.3 is 0 Å². The van der Waals surface area contributed by atoms with Crippen molar-refractivity contribution in [3.8, 4) is 0 Å². The van der Waals surface area contributed by atoms with E-state index in [0.717, 1.165) is 10.8 Å². The normalized spacial score (nSPS) is 10.2. The molecule has 2 nitrogen and oxygen atoms in total. The summed E-state index contributed by atoms with van der Waals surface area (Å²) < 4.78 is 0. The third kappa shape index (κ3) is 4.18. The molecule has 0 unspecified atom stereocenters. The van der Waals surface area contributed by atoms with Gasteiger partial charge in [-0.1, -0.05) is 25.8 Å². The number of H-pyrrole nitrogens is 1. The fourth-order valence-electron chi connectivity index (χ4n) is 1.05. The first-order valence-electron chi connectivity index (χ1n) is 4.65. The number of aromatic amines is 1. The Balaban J connectivity index is 2.33. The molecule has 0 saturated heterocycles. The number of rotatable bonds is 5. The summed E-state index contributed by atoms with van der Waals surface area (Å²) in [6.45, 7) is 2.19. The van der Waals surface area contributed by atoms with Crippen molar-refractivity contribution in [2.45, 2.75) is 31.2 Å². The van der Waals surface area contributed by atoms with Gasteiger partial charge in [-0.05, 0) is 18.2 Å². The summed E-state index contributed by atoms with van der Waals surface area (Å²) in [6.07, 6.45) is 3.73. The molecule has 0 aromatic carbocycles. The molecule has 1 rings (SSSR count). The largest absolute Gasteiger partial charge is 0.317 e. The molecule has 0 radical (unpaired) electrons. The summed E-state index contributed by atoms with van der Waals surface area (Å²) in [5.74, 6) is 1.09. The Morgan fingerprint density at radius 3 is 2.92 bits per heavy atom. The molecule has 1 N–H and O–H groups in total. The molecular weight excluding hydrogens is 182 g/mol. The van der Waals surface area contributed by atoms with E-state index in [-0.39, 0.29) is 5.56 Å². The molecule has 0 saturated carbocycles. The van der Waals surface area contributed by atoms with Gasteiger partial charge in [0.2, 0.25) is 5.56 Å². The molecule has 0 aliphatic heterocycles. The third-order valence-electron chi connectivity index (χ3n) is 1.75. The Morgan fingerprint density at radius 2 is 2.23 bits per heavy atom. The van der Waals surface area contributed by atoms with E-state index >= 15 is 0 Å². The molecule has 0 amide bonds. The van der Waals surface area contributed by atoms with Crippen LogP contribution in [0.1, 0.15) is 26.2 Å². The highest BCUT2D eigenvalue weighted by atomic mass is 32.2. The van der Waals surface area contributed by atoms with E-state index < -0.39 is 0 Å². The lowest BCUT2D eigenvalue weighted by atomic mass is 10.3. The average Bonchev–Trinajstić information content (AvgIpc) is 2.13. The lowest BCUT2D eigenvalue weighted by Gasteiger charge is -1.99. The molecule has 72 valence electrons. The monoisotopic (exact) mass is 197 g/mol. The van der Waals surface area contributed by atoms with E-state index in [0.29, 0.717) is 0 Å². The number of thioether (sulfide) groups is 1. The molecular formula is C10H15NOS. The molecule has 0 aliphatic carbocycles. The van der Waals surface area contributed by atoms with Gasteiger partial charge in [0.25, 0.3) is 0 Å². The van der Waals surface area contributed by atoms with Crippen LogP contribution in [-0.2, 0) is 0 Å². The fraction of sp³-hybridized carbons (Fsp3) is 0.500. The Bertz CT molecular complexity index is 295. The van der Waals surface area contributed by atoms with Crippen molar-refractivity contribution in [2.24, 2.45) is 0 Å². The van der Waals surface area contributed by atoms with Gasteiger partial charge in [-0.25, -0.2) is 0 Å². The molecule has 1 aromatic heterocycles. The van der Waals surface area contributed by atoms with E-state index in [2.05, 4.69) is 11.9 Å². The van der Waals surface area contributed by atoms with Crippen molar-refractivity contribution in [1.82, 2.24) is 4.98 Å². The number of nitrogens with one attached hydrogen (secondary N) is 1. The number of pyridine rings is 1. The van der Waals surface area contributed by atoms with Gasteiger partial charge < -0.3 is 4.98 Å². The van der Waals surface area contributed by atoms with Gasteiger partial charge in [0, 0.05) is 6.07 Å². The Hall–Kier alpha value is -0.700. The zero-order valence-electron chi connectivity index (χ0n) is 7.88. The molecule has 0 bridgehead atoms. The highest BCUT2D eigenvalue weighted by Gasteiger charge is 1.93. The van der Waals surface area contributed by atoms with Gasteiger partial charge in [0.15, 0.2) is 0 Å². The van der Waals surface area contributed by atoms with Gasteiger partial charge in [0.1, 0.15) is 0 Å². The second kappa shape index (κ2) is 5.86. The maximum Gasteiger partial charge on any atom is 0.248 e. The van der Waals surface area contributed by atoms with Crippen LogP contribution in [0.2, 0.25) is 0 Å². The predicted octanol–water partition coefficient (Wildman–Crippen LogP) is 2.66. The summed E-state index contributed by atoms with van der Waals surface area (Å²) >= 11 is 1.72. The first-order valence-corrected chi connectivity index (χ1v) is 5.63. The van der Waals surface area contributed by atoms with Crippen molar-refractivity contribution >= 4 is 11.8 Å². The minimum Gasteiger partial charge on any atom is -0.317 e. The van der Waals surface area contributed by atoms with Gasteiger partial charge in [-0.2, -0.15) is 0 Å². The SMILES string of the molecule is CCCCCSc1cccc(=O)[nH]1. The van der Waals surface area contributed by atoms with Crippen LogP contribution in [-0.4, -0.2) is 10.7 Å². The zero-order chi connectivity index (χ0) is 9.52. The van der Waals surface area contributed by atoms with Crippen molar-refractivity contribution < 1.29 is 0 Å². The maximum atomic E-state index is 10.9. The van der Waals surface area contributed by atoms with Crippen LogP contribution in [0, 0.1) is 0 Å². The standard InChI is InChI=1S/C10H15NOS/c1-2-3-4-8-13-10-7-5-6-9(12)11-10/h5-7H,2-4,8H2,1H3,(H,11,12). The molecule has 0 aliphatic rings.